The quantitative estimate of drug-likeness (QED) is 0.0901. The molecule has 4 N–H and O–H groups in total. The molecule has 216 valence electrons. The van der Waals surface area contributed by atoms with E-state index >= 15 is 0 Å². The maximum atomic E-state index is 13.5. The molecule has 1 aromatic carbocycles. The van der Waals surface area contributed by atoms with Crippen molar-refractivity contribution in [1.29, 1.82) is 5.41 Å². The molecule has 0 spiro atoms. The van der Waals surface area contributed by atoms with Crippen LogP contribution in [0, 0.1) is 11.2 Å². The molecule has 2 aromatic heterocycles. The van der Waals surface area contributed by atoms with Crippen molar-refractivity contribution in [3.8, 4) is 0 Å². The van der Waals surface area contributed by atoms with E-state index in [0.717, 1.165) is 30.0 Å². The van der Waals surface area contributed by atoms with Crippen molar-refractivity contribution in [2.75, 3.05) is 17.6 Å². The van der Waals surface area contributed by atoms with Crippen LogP contribution >= 0.6 is 11.8 Å². The average Bonchev–Trinajstić information content (AvgIpc) is 3.34. The van der Waals surface area contributed by atoms with Gasteiger partial charge in [0.1, 0.15) is 5.82 Å². The molecule has 0 aliphatic rings. The molecule has 40 heavy (non-hydrogen) atoms. The number of halogens is 9. The first-order valence-corrected chi connectivity index (χ1v) is 11.5. The number of hydrogen-bond donors (Lipinski definition) is 4. The van der Waals surface area contributed by atoms with Crippen LogP contribution in [-0.2, 0) is 5.60 Å². The highest BCUT2D eigenvalue weighted by molar-refractivity contribution is 7.99. The zero-order chi connectivity index (χ0) is 29.9. The van der Waals surface area contributed by atoms with Crippen molar-refractivity contribution >= 4 is 29.2 Å². The summed E-state index contributed by atoms with van der Waals surface area (Å²) in [5, 5.41) is 29.3. The molecule has 0 aliphatic heterocycles. The molecular formula is C21H15F9N6O3S. The van der Waals surface area contributed by atoms with E-state index < -0.39 is 58.8 Å². The van der Waals surface area contributed by atoms with Crippen LogP contribution in [0.5, 0.6) is 0 Å². The van der Waals surface area contributed by atoms with Gasteiger partial charge in [0.05, 0.1) is 16.8 Å². The molecule has 3 rings (SSSR count). The van der Waals surface area contributed by atoms with Crippen LogP contribution in [0.3, 0.4) is 0 Å². The molecule has 3 aromatic rings. The minimum Gasteiger partial charge on any atom is -0.368 e. The first-order chi connectivity index (χ1) is 18.6. The fraction of sp³-hybridized carbons (Fsp3) is 0.286. The third-order valence-electron chi connectivity index (χ3n) is 5.04. The van der Waals surface area contributed by atoms with E-state index in [1.165, 1.54) is 0 Å². The Hall–Kier alpha value is -3.87. The van der Waals surface area contributed by atoms with Crippen molar-refractivity contribution < 1.29 is 54.0 Å². The number of nitrogens with zero attached hydrogens (tertiary/aromatic N) is 3. The fourth-order valence-corrected chi connectivity index (χ4v) is 3.79. The highest BCUT2D eigenvalue weighted by atomic mass is 32.2. The lowest BCUT2D eigenvalue weighted by Gasteiger charge is -2.31. The average molecular weight is 602 g/mol. The normalized spacial score (nSPS) is 12.5. The van der Waals surface area contributed by atoms with Crippen molar-refractivity contribution in [3.05, 3.63) is 64.9 Å². The molecule has 0 atom stereocenters. The number of hydrogen-bond acceptors (Lipinski definition) is 8. The number of anilines is 1. The summed E-state index contributed by atoms with van der Waals surface area (Å²) in [6, 6.07) is 3.54. The van der Waals surface area contributed by atoms with Crippen molar-refractivity contribution in [2.24, 2.45) is 0 Å². The number of benzene rings is 1. The van der Waals surface area contributed by atoms with Crippen LogP contribution in [0.15, 0.2) is 46.2 Å². The maximum absolute atomic E-state index is 13.5. The van der Waals surface area contributed by atoms with Gasteiger partial charge in [0.15, 0.2) is 16.6 Å². The highest BCUT2D eigenvalue weighted by Crippen LogP contribution is 2.49. The topological polar surface area (TPSA) is 137 Å². The first-order valence-electron chi connectivity index (χ1n) is 10.6. The minimum absolute atomic E-state index is 0.0348. The zero-order valence-electron chi connectivity index (χ0n) is 19.4. The third kappa shape index (κ3) is 6.46. The van der Waals surface area contributed by atoms with Gasteiger partial charge in [-0.05, 0) is 40.6 Å². The Balaban J connectivity index is 1.57. The number of nitrogens with one attached hydrogen (secondary N) is 3. The van der Waals surface area contributed by atoms with Gasteiger partial charge in [-0.25, -0.2) is 17.8 Å². The second-order valence-electron chi connectivity index (χ2n) is 7.70. The van der Waals surface area contributed by atoms with Crippen LogP contribution in [-0.4, -0.2) is 56.8 Å². The third-order valence-corrected chi connectivity index (χ3v) is 5.99. The standard InChI is InChI=1S/C21H15F9N6O3S/c22-12-3-2-10(7-11(12)15(23)24)34-16(31)14-18(36-39-35-14)40-6-5-32-17(37)9-1-4-13(33-8-9)19(38,20(25,26)27)21(28,29)30/h1-4,7-8,15,38H,5-6H2,(H2,31,34)(H,32,37). The van der Waals surface area contributed by atoms with E-state index in [4.69, 9.17) is 5.41 Å². The highest BCUT2D eigenvalue weighted by Gasteiger charge is 2.72. The SMILES string of the molecule is N=C(Nc1ccc(F)c(C(F)F)c1)c1nonc1SCCNC(=O)c1ccc(C(O)(C(F)(F)F)C(F)(F)F)nc1. The van der Waals surface area contributed by atoms with Gasteiger partial charge in [-0.1, -0.05) is 11.8 Å². The summed E-state index contributed by atoms with van der Waals surface area (Å²) in [6.07, 6.45) is -14.9. The molecule has 19 heteroatoms. The summed E-state index contributed by atoms with van der Waals surface area (Å²) >= 11 is 0.910. The Bertz CT molecular complexity index is 1350. The Morgan fingerprint density at radius 3 is 2.33 bits per heavy atom. The maximum Gasteiger partial charge on any atom is 0.432 e. The summed E-state index contributed by atoms with van der Waals surface area (Å²) < 4.78 is 121. The Labute approximate surface area is 221 Å². The molecule has 0 unspecified atom stereocenters. The Kier molecular flexibility index (Phi) is 8.97. The van der Waals surface area contributed by atoms with Gasteiger partial charge in [0, 0.05) is 24.2 Å². The summed E-state index contributed by atoms with van der Waals surface area (Å²) in [4.78, 5) is 15.2. The van der Waals surface area contributed by atoms with Crippen LogP contribution < -0.4 is 10.6 Å². The summed E-state index contributed by atoms with van der Waals surface area (Å²) in [5.41, 5.74) is -8.50. The van der Waals surface area contributed by atoms with Crippen LogP contribution in [0.2, 0.25) is 0 Å². The lowest BCUT2D eigenvalue weighted by molar-refractivity contribution is -0.377. The van der Waals surface area contributed by atoms with Gasteiger partial charge in [-0.2, -0.15) is 26.3 Å². The minimum atomic E-state index is -6.13. The second-order valence-corrected chi connectivity index (χ2v) is 8.78. The molecule has 0 aliphatic carbocycles. The Morgan fingerprint density at radius 2 is 1.75 bits per heavy atom. The van der Waals surface area contributed by atoms with Gasteiger partial charge < -0.3 is 15.7 Å². The molecule has 2 heterocycles. The van der Waals surface area contributed by atoms with Crippen LogP contribution in [0.25, 0.3) is 0 Å². The van der Waals surface area contributed by atoms with E-state index in [-0.39, 0.29) is 34.8 Å². The molecule has 0 saturated heterocycles. The predicted octanol–water partition coefficient (Wildman–Crippen LogP) is 4.81. The summed E-state index contributed by atoms with van der Waals surface area (Å²) in [6.45, 7) is -0.122. The number of pyridine rings is 1. The van der Waals surface area contributed by atoms with E-state index in [1.54, 1.807) is 0 Å². The number of carbonyl (C=O) groups is 1. The zero-order valence-corrected chi connectivity index (χ0v) is 20.2. The number of carbonyl (C=O) groups excluding carboxylic acids is 1. The predicted molar refractivity (Wildman–Crippen MR) is 119 cm³/mol. The van der Waals surface area contributed by atoms with Gasteiger partial charge in [-0.3, -0.25) is 15.2 Å². The number of amides is 1. The lowest BCUT2D eigenvalue weighted by atomic mass is 9.97. The molecule has 0 radical (unpaired) electrons. The number of amidine groups is 1. The number of aromatic nitrogens is 3. The van der Waals surface area contributed by atoms with E-state index in [1.807, 2.05) is 0 Å². The fourth-order valence-electron chi connectivity index (χ4n) is 3.03. The van der Waals surface area contributed by atoms with Gasteiger partial charge in [-0.15, -0.1) is 0 Å². The summed E-state index contributed by atoms with van der Waals surface area (Å²) in [5.74, 6) is -2.44. The van der Waals surface area contributed by atoms with Gasteiger partial charge in [0.2, 0.25) is 0 Å². The number of thioether (sulfide) groups is 1. The van der Waals surface area contributed by atoms with Crippen LogP contribution in [0.4, 0.5) is 45.2 Å². The summed E-state index contributed by atoms with van der Waals surface area (Å²) in [7, 11) is 0. The largest absolute Gasteiger partial charge is 0.432 e. The molecular weight excluding hydrogens is 587 g/mol. The number of alkyl halides is 8. The number of aliphatic hydroxyl groups is 1. The van der Waals surface area contributed by atoms with E-state index in [0.29, 0.717) is 12.3 Å². The van der Waals surface area contributed by atoms with Crippen molar-refractivity contribution in [1.82, 2.24) is 20.6 Å². The monoisotopic (exact) mass is 602 g/mol. The van der Waals surface area contributed by atoms with E-state index in [2.05, 4.69) is 30.6 Å². The van der Waals surface area contributed by atoms with Crippen molar-refractivity contribution in [2.45, 2.75) is 29.4 Å². The molecule has 0 bridgehead atoms. The number of rotatable bonds is 9. The van der Waals surface area contributed by atoms with Crippen molar-refractivity contribution in [3.63, 3.8) is 0 Å². The van der Waals surface area contributed by atoms with Gasteiger partial charge >= 0.3 is 12.4 Å². The second kappa shape index (κ2) is 11.7. The van der Waals surface area contributed by atoms with Crippen LogP contribution in [0.1, 0.15) is 33.7 Å². The lowest BCUT2D eigenvalue weighted by Crippen LogP contribution is -2.54. The Morgan fingerprint density at radius 1 is 1.07 bits per heavy atom. The smallest absolute Gasteiger partial charge is 0.368 e. The first kappa shape index (κ1) is 30.7. The molecule has 0 saturated carbocycles. The molecule has 0 fully saturated rings. The van der Waals surface area contributed by atoms with E-state index in [9.17, 15) is 49.4 Å². The molecule has 9 nitrogen and oxygen atoms in total. The molecule has 1 amide bonds. The van der Waals surface area contributed by atoms with Gasteiger partial charge in [0.25, 0.3) is 17.9 Å².